The maximum Gasteiger partial charge on any atom is 0.141 e. The van der Waals surface area contributed by atoms with Gasteiger partial charge >= 0.3 is 0 Å². The van der Waals surface area contributed by atoms with E-state index in [-0.39, 0.29) is 11.1 Å². The first-order valence-corrected chi connectivity index (χ1v) is 14.2. The van der Waals surface area contributed by atoms with E-state index in [0.29, 0.717) is 11.8 Å². The lowest BCUT2D eigenvalue weighted by molar-refractivity contribution is 0.273. The molecule has 3 N–H and O–H groups in total. The third-order valence-electron chi connectivity index (χ3n) is 7.17. The zero-order valence-electron chi connectivity index (χ0n) is 23.7. The van der Waals surface area contributed by atoms with Crippen molar-refractivity contribution in [1.82, 2.24) is 15.5 Å². The Morgan fingerprint density at radius 1 is 1.26 bits per heavy atom. The third-order valence-corrected chi connectivity index (χ3v) is 8.38. The summed E-state index contributed by atoms with van der Waals surface area (Å²) in [6, 6.07) is 9.25. The molecule has 206 valence electrons. The molecule has 1 heterocycles. The van der Waals surface area contributed by atoms with Crippen LogP contribution in [0.5, 0.6) is 0 Å². The van der Waals surface area contributed by atoms with Crippen molar-refractivity contribution in [2.45, 2.75) is 58.0 Å². The van der Waals surface area contributed by atoms with Crippen molar-refractivity contribution < 1.29 is 4.39 Å². The number of rotatable bonds is 13. The van der Waals surface area contributed by atoms with Crippen LogP contribution in [0, 0.1) is 22.6 Å². The van der Waals surface area contributed by atoms with Gasteiger partial charge in [0.1, 0.15) is 11.9 Å². The number of benzene rings is 1. The predicted molar refractivity (Wildman–Crippen MR) is 163 cm³/mol. The summed E-state index contributed by atoms with van der Waals surface area (Å²) < 4.78 is 14.7. The molecule has 39 heavy (non-hydrogen) atoms. The number of allylic oxidation sites excluding steroid dienone is 5. The summed E-state index contributed by atoms with van der Waals surface area (Å²) in [5.41, 5.74) is 3.88. The molecule has 1 aliphatic rings. The second-order valence-electron chi connectivity index (χ2n) is 10.7. The van der Waals surface area contributed by atoms with Crippen LogP contribution >= 0.6 is 11.3 Å². The molecule has 0 aliphatic heterocycles. The van der Waals surface area contributed by atoms with E-state index < -0.39 is 5.82 Å². The van der Waals surface area contributed by atoms with Gasteiger partial charge in [-0.25, -0.2) is 4.39 Å². The van der Waals surface area contributed by atoms with E-state index in [4.69, 9.17) is 5.41 Å². The summed E-state index contributed by atoms with van der Waals surface area (Å²) in [4.78, 5) is 4.51. The monoisotopic (exact) mass is 545 g/mol. The van der Waals surface area contributed by atoms with Gasteiger partial charge in [0.05, 0.1) is 11.3 Å². The molecule has 0 radical (unpaired) electrons. The van der Waals surface area contributed by atoms with Gasteiger partial charge in [0.25, 0.3) is 0 Å². The standard InChI is InChI=1S/C32H40FN5S/c1-7-32(3,4)37-21-25-16-23(13-14-30(25)35)31-28(22-11-12-24(20-34)29(33)17-22)19-27(39-31)18-26(38(5)6)10-9-15-36-8-2/h8,11-14,16-17,19,21,26,35-37H,2,7,9-10,15,18H2,1,3-6H3/b25-21-,35-30?. The minimum absolute atomic E-state index is 0.0385. The van der Waals surface area contributed by atoms with Gasteiger partial charge in [0.2, 0.25) is 0 Å². The first-order valence-electron chi connectivity index (χ1n) is 13.4. The Balaban J connectivity index is 2.03. The topological polar surface area (TPSA) is 74.9 Å². The van der Waals surface area contributed by atoms with Crippen molar-refractivity contribution in [2.75, 3.05) is 20.6 Å². The fourth-order valence-electron chi connectivity index (χ4n) is 4.26. The Labute approximate surface area is 236 Å². The van der Waals surface area contributed by atoms with Crippen LogP contribution in [0.2, 0.25) is 0 Å². The molecule has 0 bridgehead atoms. The SMILES string of the molecule is C=CNCCCC(Cc1cc(-c2ccc(C#N)c(F)c2)c(C2=C/C(=C/NC(C)(C)CC)C(=N)C=C2)s1)N(C)C. The van der Waals surface area contributed by atoms with E-state index in [0.717, 1.165) is 59.4 Å². The minimum atomic E-state index is -0.517. The molecule has 1 unspecified atom stereocenters. The number of thiophene rings is 1. The molecular weight excluding hydrogens is 505 g/mol. The summed E-state index contributed by atoms with van der Waals surface area (Å²) in [7, 11) is 4.22. The highest BCUT2D eigenvalue weighted by molar-refractivity contribution is 7.13. The molecule has 0 amide bonds. The fourth-order valence-corrected chi connectivity index (χ4v) is 5.51. The summed E-state index contributed by atoms with van der Waals surface area (Å²) in [5, 5.41) is 24.3. The van der Waals surface area contributed by atoms with Crippen molar-refractivity contribution in [1.29, 1.82) is 10.7 Å². The summed E-state index contributed by atoms with van der Waals surface area (Å²) in [5.74, 6) is -0.517. The zero-order chi connectivity index (χ0) is 28.6. The second kappa shape index (κ2) is 13.5. The van der Waals surface area contributed by atoms with Gasteiger partial charge in [0.15, 0.2) is 0 Å². The minimum Gasteiger partial charge on any atom is -0.391 e. The maximum atomic E-state index is 14.7. The molecule has 1 aliphatic carbocycles. The van der Waals surface area contributed by atoms with Gasteiger partial charge in [-0.2, -0.15) is 5.26 Å². The van der Waals surface area contributed by atoms with E-state index in [1.54, 1.807) is 23.6 Å². The molecule has 0 saturated carbocycles. The van der Waals surface area contributed by atoms with E-state index in [9.17, 15) is 9.65 Å². The number of nitrogens with zero attached hydrogens (tertiary/aromatic N) is 2. The van der Waals surface area contributed by atoms with Crippen LogP contribution in [0.1, 0.15) is 55.4 Å². The van der Waals surface area contributed by atoms with E-state index in [2.05, 4.69) is 63.0 Å². The Morgan fingerprint density at radius 3 is 2.67 bits per heavy atom. The highest BCUT2D eigenvalue weighted by Gasteiger charge is 2.21. The lowest BCUT2D eigenvalue weighted by Gasteiger charge is -2.24. The highest BCUT2D eigenvalue weighted by Crippen LogP contribution is 2.40. The quantitative estimate of drug-likeness (QED) is 0.236. The number of nitriles is 1. The average Bonchev–Trinajstić information content (AvgIpc) is 3.33. The van der Waals surface area contributed by atoms with Gasteiger partial charge in [0, 0.05) is 45.2 Å². The molecular formula is C32H40FN5S. The van der Waals surface area contributed by atoms with Crippen molar-refractivity contribution in [3.8, 4) is 17.2 Å². The molecule has 1 atom stereocenters. The average molecular weight is 546 g/mol. The van der Waals surface area contributed by atoms with Crippen molar-refractivity contribution in [3.05, 3.63) is 88.2 Å². The zero-order valence-corrected chi connectivity index (χ0v) is 24.5. The van der Waals surface area contributed by atoms with Crippen LogP contribution in [0.15, 0.2) is 67.0 Å². The number of hydrogen-bond acceptors (Lipinski definition) is 6. The van der Waals surface area contributed by atoms with Gasteiger partial charge in [-0.15, -0.1) is 11.3 Å². The van der Waals surface area contributed by atoms with Crippen molar-refractivity contribution >= 4 is 22.6 Å². The number of hydrogen-bond donors (Lipinski definition) is 3. The molecule has 5 nitrogen and oxygen atoms in total. The predicted octanol–water partition coefficient (Wildman–Crippen LogP) is 7.05. The fraction of sp³-hybridized carbons (Fsp3) is 0.375. The normalized spacial score (nSPS) is 15.3. The molecule has 1 aromatic heterocycles. The second-order valence-corrected chi connectivity index (χ2v) is 11.8. The first-order chi connectivity index (χ1) is 18.6. The number of likely N-dealkylation sites (N-methyl/N-ethyl adjacent to an activating group) is 1. The Morgan fingerprint density at radius 2 is 2.03 bits per heavy atom. The van der Waals surface area contributed by atoms with Crippen LogP contribution in [0.25, 0.3) is 16.7 Å². The largest absolute Gasteiger partial charge is 0.391 e. The lowest BCUT2D eigenvalue weighted by Crippen LogP contribution is -2.34. The van der Waals surface area contributed by atoms with E-state index >= 15 is 0 Å². The van der Waals surface area contributed by atoms with Crippen molar-refractivity contribution in [3.63, 3.8) is 0 Å². The van der Waals surface area contributed by atoms with Gasteiger partial charge < -0.3 is 20.9 Å². The number of nitrogens with one attached hydrogen (secondary N) is 3. The molecule has 7 heteroatoms. The Bertz CT molecular complexity index is 1320. The molecule has 0 fully saturated rings. The van der Waals surface area contributed by atoms with Gasteiger partial charge in [-0.3, -0.25) is 0 Å². The molecule has 0 spiro atoms. The molecule has 2 aromatic rings. The van der Waals surface area contributed by atoms with Crippen LogP contribution in [0.4, 0.5) is 4.39 Å². The molecule has 1 aromatic carbocycles. The molecule has 0 saturated heterocycles. The summed E-state index contributed by atoms with van der Waals surface area (Å²) in [6.07, 6.45) is 13.4. The third kappa shape index (κ3) is 8.01. The number of halogens is 1. The first kappa shape index (κ1) is 30.1. The van der Waals surface area contributed by atoms with E-state index in [1.807, 2.05) is 36.6 Å². The summed E-state index contributed by atoms with van der Waals surface area (Å²) in [6.45, 7) is 11.0. The maximum absolute atomic E-state index is 14.7. The van der Waals surface area contributed by atoms with Crippen LogP contribution in [-0.4, -0.2) is 42.8 Å². The van der Waals surface area contributed by atoms with Crippen LogP contribution in [-0.2, 0) is 6.42 Å². The highest BCUT2D eigenvalue weighted by atomic mass is 32.1. The summed E-state index contributed by atoms with van der Waals surface area (Å²) >= 11 is 1.71. The van der Waals surface area contributed by atoms with Crippen molar-refractivity contribution in [2.24, 2.45) is 0 Å². The smallest absolute Gasteiger partial charge is 0.141 e. The molecule has 3 rings (SSSR count). The lowest BCUT2D eigenvalue weighted by atomic mass is 9.94. The van der Waals surface area contributed by atoms with Gasteiger partial charge in [-0.1, -0.05) is 25.6 Å². The van der Waals surface area contributed by atoms with E-state index in [1.165, 1.54) is 10.9 Å². The van der Waals surface area contributed by atoms with Crippen LogP contribution < -0.4 is 10.6 Å². The Kier molecular flexibility index (Phi) is 10.4. The Hall–Kier alpha value is -3.47. The van der Waals surface area contributed by atoms with Gasteiger partial charge in [-0.05, 0) is 101 Å². The van der Waals surface area contributed by atoms with Crippen LogP contribution in [0.3, 0.4) is 0 Å².